The Hall–Kier alpha value is -3.16. The molecule has 2 aromatic rings. The summed E-state index contributed by atoms with van der Waals surface area (Å²) >= 11 is 0. The number of benzene rings is 1. The molecule has 0 spiro atoms. The number of hydrogen-bond acceptors (Lipinski definition) is 4. The van der Waals surface area contributed by atoms with Crippen molar-refractivity contribution < 1.29 is 14.4 Å². The van der Waals surface area contributed by atoms with Gasteiger partial charge < -0.3 is 15.5 Å². The molecule has 2 heterocycles. The third kappa shape index (κ3) is 3.84. The Labute approximate surface area is 157 Å². The van der Waals surface area contributed by atoms with E-state index in [-0.39, 0.29) is 24.3 Å². The summed E-state index contributed by atoms with van der Waals surface area (Å²) in [7, 11) is 1.80. The van der Waals surface area contributed by atoms with E-state index in [2.05, 4.69) is 15.7 Å². The Morgan fingerprint density at radius 2 is 1.96 bits per heavy atom. The fraction of sp³-hybridized carbons (Fsp3) is 0.368. The van der Waals surface area contributed by atoms with Crippen molar-refractivity contribution >= 4 is 29.1 Å². The molecule has 3 amide bonds. The molecular weight excluding hydrogens is 346 g/mol. The average molecular weight is 369 g/mol. The number of carbonyl (C=O) groups excluding carboxylic acids is 3. The first kappa shape index (κ1) is 18.6. The van der Waals surface area contributed by atoms with Gasteiger partial charge >= 0.3 is 0 Å². The van der Waals surface area contributed by atoms with E-state index >= 15 is 0 Å². The number of carbonyl (C=O) groups is 3. The number of nitrogens with zero attached hydrogens (tertiary/aromatic N) is 3. The number of anilines is 2. The smallest absolute Gasteiger partial charge is 0.253 e. The Balaban J connectivity index is 1.66. The largest absolute Gasteiger partial charge is 0.343 e. The molecule has 0 atom stereocenters. The minimum Gasteiger partial charge on any atom is -0.343 e. The quantitative estimate of drug-likeness (QED) is 0.835. The van der Waals surface area contributed by atoms with Crippen molar-refractivity contribution in [3.05, 3.63) is 41.2 Å². The topological polar surface area (TPSA) is 96.3 Å². The van der Waals surface area contributed by atoms with Gasteiger partial charge in [0.25, 0.3) is 5.91 Å². The predicted molar refractivity (Wildman–Crippen MR) is 102 cm³/mol. The predicted octanol–water partition coefficient (Wildman–Crippen LogP) is 1.53. The van der Waals surface area contributed by atoms with Crippen molar-refractivity contribution in [3.8, 4) is 0 Å². The molecule has 0 saturated carbocycles. The summed E-state index contributed by atoms with van der Waals surface area (Å²) in [6.45, 7) is 4.10. The van der Waals surface area contributed by atoms with Crippen molar-refractivity contribution in [3.63, 3.8) is 0 Å². The zero-order chi connectivity index (χ0) is 19.6. The second-order valence-electron chi connectivity index (χ2n) is 6.57. The lowest BCUT2D eigenvalue weighted by Gasteiger charge is -2.19. The number of nitrogens with one attached hydrogen (secondary N) is 2. The summed E-state index contributed by atoms with van der Waals surface area (Å²) in [6, 6.07) is 6.93. The minimum absolute atomic E-state index is 0.00974. The van der Waals surface area contributed by atoms with E-state index in [0.717, 1.165) is 12.1 Å². The van der Waals surface area contributed by atoms with E-state index in [1.165, 1.54) is 0 Å². The molecule has 0 aliphatic carbocycles. The molecule has 0 bridgehead atoms. The van der Waals surface area contributed by atoms with Crippen molar-refractivity contribution in [2.45, 2.75) is 26.7 Å². The summed E-state index contributed by atoms with van der Waals surface area (Å²) < 4.78 is 1.69. The van der Waals surface area contributed by atoms with Crippen LogP contribution in [0.2, 0.25) is 0 Å². The molecule has 27 heavy (non-hydrogen) atoms. The van der Waals surface area contributed by atoms with E-state index in [0.29, 0.717) is 35.6 Å². The van der Waals surface area contributed by atoms with Crippen molar-refractivity contribution in [2.75, 3.05) is 23.3 Å². The minimum atomic E-state index is -0.389. The van der Waals surface area contributed by atoms with Crippen LogP contribution in [-0.4, -0.2) is 40.6 Å². The van der Waals surface area contributed by atoms with Crippen LogP contribution in [0.15, 0.2) is 24.3 Å². The van der Waals surface area contributed by atoms with Crippen LogP contribution in [-0.2, 0) is 16.6 Å². The normalized spacial score (nSPS) is 13.7. The molecule has 0 unspecified atom stereocenters. The molecule has 1 aliphatic heterocycles. The van der Waals surface area contributed by atoms with Crippen molar-refractivity contribution in [1.29, 1.82) is 0 Å². The molecule has 1 aromatic heterocycles. The van der Waals surface area contributed by atoms with Crippen LogP contribution in [0.3, 0.4) is 0 Å². The number of aryl methyl sites for hydroxylation is 2. The fourth-order valence-corrected chi connectivity index (χ4v) is 3.20. The highest BCUT2D eigenvalue weighted by molar-refractivity contribution is 6.06. The molecule has 3 rings (SSSR count). The summed E-state index contributed by atoms with van der Waals surface area (Å²) in [4.78, 5) is 38.4. The molecular formula is C19H23N5O3. The van der Waals surface area contributed by atoms with Gasteiger partial charge in [-0.2, -0.15) is 5.10 Å². The monoisotopic (exact) mass is 369 g/mol. The third-order valence-corrected chi connectivity index (χ3v) is 4.70. The van der Waals surface area contributed by atoms with Gasteiger partial charge in [-0.1, -0.05) is 12.1 Å². The lowest BCUT2D eigenvalue weighted by atomic mass is 10.1. The second-order valence-corrected chi connectivity index (χ2v) is 6.57. The Morgan fingerprint density at radius 3 is 2.59 bits per heavy atom. The number of aromatic nitrogens is 2. The summed E-state index contributed by atoms with van der Waals surface area (Å²) in [5.74, 6) is -0.715. The maximum absolute atomic E-state index is 12.6. The third-order valence-electron chi connectivity index (χ3n) is 4.70. The number of amides is 3. The molecule has 142 valence electrons. The van der Waals surface area contributed by atoms with E-state index in [1.54, 1.807) is 40.9 Å². The zero-order valence-electron chi connectivity index (χ0n) is 15.7. The Kier molecular flexibility index (Phi) is 5.25. The average Bonchev–Trinajstić information content (AvgIpc) is 3.18. The van der Waals surface area contributed by atoms with Gasteiger partial charge in [-0.25, -0.2) is 0 Å². The molecule has 8 nitrogen and oxygen atoms in total. The lowest BCUT2D eigenvalue weighted by Crippen LogP contribution is -2.34. The molecule has 1 aromatic carbocycles. The maximum Gasteiger partial charge on any atom is 0.253 e. The van der Waals surface area contributed by atoms with E-state index < -0.39 is 0 Å². The van der Waals surface area contributed by atoms with Gasteiger partial charge in [-0.15, -0.1) is 0 Å². The lowest BCUT2D eigenvalue weighted by molar-refractivity contribution is -0.117. The van der Waals surface area contributed by atoms with Gasteiger partial charge in [0.05, 0.1) is 34.9 Å². The van der Waals surface area contributed by atoms with Crippen LogP contribution in [0.4, 0.5) is 11.4 Å². The molecule has 8 heteroatoms. The van der Waals surface area contributed by atoms with Gasteiger partial charge in [0.2, 0.25) is 11.8 Å². The Bertz CT molecular complexity index is 903. The maximum atomic E-state index is 12.6. The van der Waals surface area contributed by atoms with Crippen molar-refractivity contribution in [2.24, 2.45) is 7.05 Å². The zero-order valence-corrected chi connectivity index (χ0v) is 15.7. The van der Waals surface area contributed by atoms with Crippen LogP contribution in [0, 0.1) is 13.8 Å². The van der Waals surface area contributed by atoms with Crippen LogP contribution in [0.5, 0.6) is 0 Å². The van der Waals surface area contributed by atoms with E-state index in [4.69, 9.17) is 0 Å². The first-order valence-electron chi connectivity index (χ1n) is 8.86. The highest BCUT2D eigenvalue weighted by Gasteiger charge is 2.25. The van der Waals surface area contributed by atoms with Crippen LogP contribution in [0.1, 0.15) is 34.6 Å². The first-order valence-corrected chi connectivity index (χ1v) is 8.86. The van der Waals surface area contributed by atoms with Gasteiger partial charge in [-0.3, -0.25) is 19.1 Å². The summed E-state index contributed by atoms with van der Waals surface area (Å²) in [6.07, 6.45) is 1.27. The van der Waals surface area contributed by atoms with Gasteiger partial charge in [0, 0.05) is 20.0 Å². The SMILES string of the molecule is Cc1nn(C)c(C)c1NC(=O)CNC(=O)c1ccccc1N1CCCC1=O. The highest BCUT2D eigenvalue weighted by Crippen LogP contribution is 2.25. The number of hydrogen-bond donors (Lipinski definition) is 2. The van der Waals surface area contributed by atoms with Gasteiger partial charge in [0.15, 0.2) is 0 Å². The van der Waals surface area contributed by atoms with E-state index in [9.17, 15) is 14.4 Å². The second kappa shape index (κ2) is 7.61. The van der Waals surface area contributed by atoms with Crippen LogP contribution < -0.4 is 15.5 Å². The number of rotatable bonds is 5. The number of para-hydroxylation sites is 1. The van der Waals surface area contributed by atoms with Crippen molar-refractivity contribution in [1.82, 2.24) is 15.1 Å². The fourth-order valence-electron chi connectivity index (χ4n) is 3.20. The van der Waals surface area contributed by atoms with Gasteiger partial charge in [-0.05, 0) is 32.4 Å². The van der Waals surface area contributed by atoms with Crippen LogP contribution >= 0.6 is 0 Å². The molecule has 1 aliphatic rings. The van der Waals surface area contributed by atoms with E-state index in [1.807, 2.05) is 13.8 Å². The molecule has 2 N–H and O–H groups in total. The first-order chi connectivity index (χ1) is 12.9. The molecule has 1 fully saturated rings. The van der Waals surface area contributed by atoms with Gasteiger partial charge in [0.1, 0.15) is 0 Å². The summed E-state index contributed by atoms with van der Waals surface area (Å²) in [5.41, 5.74) is 3.17. The highest BCUT2D eigenvalue weighted by atomic mass is 16.2. The molecule has 0 radical (unpaired) electrons. The van der Waals surface area contributed by atoms with Crippen LogP contribution in [0.25, 0.3) is 0 Å². The summed E-state index contributed by atoms with van der Waals surface area (Å²) in [5, 5.41) is 9.66. The Morgan fingerprint density at radius 1 is 1.22 bits per heavy atom. The standard InChI is InChI=1S/C19H23N5O3/c1-12-18(13(2)23(3)22-12)21-16(25)11-20-19(27)14-7-4-5-8-15(14)24-10-6-9-17(24)26/h4-5,7-8H,6,9-11H2,1-3H3,(H,20,27)(H,21,25). The molecule has 1 saturated heterocycles.